The summed E-state index contributed by atoms with van der Waals surface area (Å²) in [5.41, 5.74) is 1.06. The predicted octanol–water partition coefficient (Wildman–Crippen LogP) is 2.26. The summed E-state index contributed by atoms with van der Waals surface area (Å²) in [6, 6.07) is 8.95. The average Bonchev–Trinajstić information content (AvgIpc) is 2.63. The standard InChI is InChI=1S/C18H18FN3O2/c19-15-3-1-14(2-4-15)18(24)22-11-7-16(8-12-22)21-17(23)13-5-9-20-10-6-13/h1-6,9-10,16H,7-8,11-12H2,(H,21,23). The molecule has 1 aliphatic heterocycles. The summed E-state index contributed by atoms with van der Waals surface area (Å²) in [5.74, 6) is -0.585. The molecule has 0 saturated carbocycles. The van der Waals surface area contributed by atoms with Crippen LogP contribution < -0.4 is 5.32 Å². The molecule has 0 atom stereocenters. The fourth-order valence-electron chi connectivity index (χ4n) is 2.77. The maximum absolute atomic E-state index is 12.9. The van der Waals surface area contributed by atoms with Crippen LogP contribution in [0.2, 0.25) is 0 Å². The van der Waals surface area contributed by atoms with Crippen LogP contribution in [0.15, 0.2) is 48.8 Å². The summed E-state index contributed by atoms with van der Waals surface area (Å²) in [6.07, 6.45) is 4.56. The third-order valence-corrected chi connectivity index (χ3v) is 4.15. The number of hydrogen-bond acceptors (Lipinski definition) is 3. The highest BCUT2D eigenvalue weighted by molar-refractivity contribution is 5.95. The van der Waals surface area contributed by atoms with Crippen molar-refractivity contribution in [3.63, 3.8) is 0 Å². The number of pyridine rings is 1. The van der Waals surface area contributed by atoms with Crippen molar-refractivity contribution < 1.29 is 14.0 Å². The number of amides is 2. The first kappa shape index (κ1) is 16.1. The number of piperidine rings is 1. The lowest BCUT2D eigenvalue weighted by atomic mass is 10.0. The Morgan fingerprint density at radius 2 is 1.62 bits per heavy atom. The number of benzene rings is 1. The maximum Gasteiger partial charge on any atom is 0.253 e. The van der Waals surface area contributed by atoms with Crippen LogP contribution in [0, 0.1) is 5.82 Å². The smallest absolute Gasteiger partial charge is 0.253 e. The van der Waals surface area contributed by atoms with Crippen LogP contribution in [0.25, 0.3) is 0 Å². The van der Waals surface area contributed by atoms with E-state index >= 15 is 0 Å². The molecule has 3 rings (SSSR count). The Bertz CT molecular complexity index is 711. The molecule has 2 heterocycles. The molecule has 1 aromatic heterocycles. The molecule has 1 aromatic carbocycles. The molecule has 1 aliphatic rings. The van der Waals surface area contributed by atoms with E-state index < -0.39 is 0 Å². The molecular formula is C18H18FN3O2. The first-order chi connectivity index (χ1) is 11.6. The predicted molar refractivity (Wildman–Crippen MR) is 87.0 cm³/mol. The van der Waals surface area contributed by atoms with E-state index in [4.69, 9.17) is 0 Å². The minimum Gasteiger partial charge on any atom is -0.349 e. The Balaban J connectivity index is 1.53. The van der Waals surface area contributed by atoms with E-state index in [0.29, 0.717) is 37.1 Å². The number of likely N-dealkylation sites (tertiary alicyclic amines) is 1. The van der Waals surface area contributed by atoms with Crippen molar-refractivity contribution in [1.82, 2.24) is 15.2 Å². The largest absolute Gasteiger partial charge is 0.349 e. The van der Waals surface area contributed by atoms with Crippen molar-refractivity contribution in [3.8, 4) is 0 Å². The van der Waals surface area contributed by atoms with Gasteiger partial charge in [0.05, 0.1) is 0 Å². The molecule has 0 spiro atoms. The highest BCUT2D eigenvalue weighted by Gasteiger charge is 2.24. The molecule has 1 saturated heterocycles. The van der Waals surface area contributed by atoms with Crippen LogP contribution in [0.5, 0.6) is 0 Å². The van der Waals surface area contributed by atoms with E-state index in [-0.39, 0.29) is 23.7 Å². The lowest BCUT2D eigenvalue weighted by Crippen LogP contribution is -2.46. The van der Waals surface area contributed by atoms with Crippen LogP contribution in [-0.4, -0.2) is 40.8 Å². The molecule has 5 nitrogen and oxygen atoms in total. The molecule has 1 N–H and O–H groups in total. The molecule has 1 fully saturated rings. The SMILES string of the molecule is O=C(NC1CCN(C(=O)c2ccc(F)cc2)CC1)c1ccncc1. The lowest BCUT2D eigenvalue weighted by Gasteiger charge is -2.32. The molecule has 0 bridgehead atoms. The second-order valence-corrected chi connectivity index (χ2v) is 5.78. The van der Waals surface area contributed by atoms with Gasteiger partial charge in [0.25, 0.3) is 11.8 Å². The van der Waals surface area contributed by atoms with Gasteiger partial charge >= 0.3 is 0 Å². The fourth-order valence-corrected chi connectivity index (χ4v) is 2.77. The van der Waals surface area contributed by atoms with E-state index in [1.165, 1.54) is 24.3 Å². The van der Waals surface area contributed by atoms with E-state index in [9.17, 15) is 14.0 Å². The van der Waals surface area contributed by atoms with Gasteiger partial charge in [0.15, 0.2) is 0 Å². The van der Waals surface area contributed by atoms with Crippen LogP contribution >= 0.6 is 0 Å². The van der Waals surface area contributed by atoms with Gasteiger partial charge in [-0.05, 0) is 49.2 Å². The molecule has 0 unspecified atom stereocenters. The van der Waals surface area contributed by atoms with Crippen molar-refractivity contribution >= 4 is 11.8 Å². The van der Waals surface area contributed by atoms with Gasteiger partial charge in [0.2, 0.25) is 0 Å². The van der Waals surface area contributed by atoms with Crippen molar-refractivity contribution in [2.45, 2.75) is 18.9 Å². The molecule has 0 aliphatic carbocycles. The minimum atomic E-state index is -0.357. The summed E-state index contributed by atoms with van der Waals surface area (Å²) in [7, 11) is 0. The second-order valence-electron chi connectivity index (χ2n) is 5.78. The Morgan fingerprint density at radius 1 is 1.00 bits per heavy atom. The third-order valence-electron chi connectivity index (χ3n) is 4.15. The number of carbonyl (C=O) groups is 2. The number of carbonyl (C=O) groups excluding carboxylic acids is 2. The Kier molecular flexibility index (Phi) is 4.84. The van der Waals surface area contributed by atoms with Gasteiger partial charge in [-0.15, -0.1) is 0 Å². The summed E-state index contributed by atoms with van der Waals surface area (Å²) >= 11 is 0. The van der Waals surface area contributed by atoms with Crippen molar-refractivity contribution in [1.29, 1.82) is 0 Å². The van der Waals surface area contributed by atoms with Crippen LogP contribution in [-0.2, 0) is 0 Å². The van der Waals surface area contributed by atoms with Crippen LogP contribution in [0.3, 0.4) is 0 Å². The quantitative estimate of drug-likeness (QED) is 0.940. The first-order valence-electron chi connectivity index (χ1n) is 7.89. The van der Waals surface area contributed by atoms with Crippen molar-refractivity contribution in [3.05, 3.63) is 65.7 Å². The zero-order valence-corrected chi connectivity index (χ0v) is 13.1. The number of halogens is 1. The summed E-state index contributed by atoms with van der Waals surface area (Å²) in [6.45, 7) is 1.13. The Hall–Kier alpha value is -2.76. The lowest BCUT2D eigenvalue weighted by molar-refractivity contribution is 0.0698. The van der Waals surface area contributed by atoms with Crippen LogP contribution in [0.1, 0.15) is 33.6 Å². The van der Waals surface area contributed by atoms with Gasteiger partial charge < -0.3 is 10.2 Å². The number of hydrogen-bond donors (Lipinski definition) is 1. The fraction of sp³-hybridized carbons (Fsp3) is 0.278. The van der Waals surface area contributed by atoms with Gasteiger partial charge in [0, 0.05) is 42.7 Å². The van der Waals surface area contributed by atoms with E-state index in [0.717, 1.165) is 0 Å². The first-order valence-corrected chi connectivity index (χ1v) is 7.89. The number of nitrogens with one attached hydrogen (secondary N) is 1. The average molecular weight is 327 g/mol. The zero-order chi connectivity index (χ0) is 16.9. The molecular weight excluding hydrogens is 309 g/mol. The van der Waals surface area contributed by atoms with Crippen LogP contribution in [0.4, 0.5) is 4.39 Å². The highest BCUT2D eigenvalue weighted by atomic mass is 19.1. The van der Waals surface area contributed by atoms with Gasteiger partial charge in [-0.1, -0.05) is 0 Å². The van der Waals surface area contributed by atoms with Gasteiger partial charge in [0.1, 0.15) is 5.82 Å². The van der Waals surface area contributed by atoms with Gasteiger partial charge in [-0.2, -0.15) is 0 Å². The number of rotatable bonds is 3. The normalized spacial score (nSPS) is 15.1. The third kappa shape index (κ3) is 3.76. The molecule has 2 aromatic rings. The highest BCUT2D eigenvalue weighted by Crippen LogP contribution is 2.15. The van der Waals surface area contributed by atoms with Gasteiger partial charge in [-0.25, -0.2) is 4.39 Å². The van der Waals surface area contributed by atoms with E-state index in [2.05, 4.69) is 10.3 Å². The zero-order valence-electron chi connectivity index (χ0n) is 13.1. The Morgan fingerprint density at radius 3 is 2.25 bits per heavy atom. The van der Waals surface area contributed by atoms with Crippen molar-refractivity contribution in [2.75, 3.05) is 13.1 Å². The summed E-state index contributed by atoms with van der Waals surface area (Å²) < 4.78 is 12.9. The second kappa shape index (κ2) is 7.21. The maximum atomic E-state index is 12.9. The van der Waals surface area contributed by atoms with Crippen molar-refractivity contribution in [2.24, 2.45) is 0 Å². The minimum absolute atomic E-state index is 0.0444. The monoisotopic (exact) mass is 327 g/mol. The summed E-state index contributed by atoms with van der Waals surface area (Å²) in [5, 5.41) is 2.99. The number of nitrogens with zero attached hydrogens (tertiary/aromatic N) is 2. The molecule has 0 radical (unpaired) electrons. The Labute approximate surface area is 139 Å². The van der Waals surface area contributed by atoms with E-state index in [1.807, 2.05) is 0 Å². The molecule has 124 valence electrons. The molecule has 6 heteroatoms. The number of aromatic nitrogens is 1. The van der Waals surface area contributed by atoms with Gasteiger partial charge in [-0.3, -0.25) is 14.6 Å². The molecule has 24 heavy (non-hydrogen) atoms. The molecule has 2 amide bonds. The topological polar surface area (TPSA) is 62.3 Å². The van der Waals surface area contributed by atoms with E-state index in [1.54, 1.807) is 29.4 Å². The summed E-state index contributed by atoms with van der Waals surface area (Å²) in [4.78, 5) is 30.1.